The highest BCUT2D eigenvalue weighted by Gasteiger charge is 2.46. The molecule has 5 rings (SSSR count). The average Bonchev–Trinajstić information content (AvgIpc) is 0.826. The van der Waals surface area contributed by atoms with Gasteiger partial charge in [0.2, 0.25) is 0 Å². The number of hydrogen-bond acceptors (Lipinski definition) is 13. The Morgan fingerprint density at radius 3 is 1.19 bits per heavy atom. The van der Waals surface area contributed by atoms with E-state index < -0.39 is 102 Å². The van der Waals surface area contributed by atoms with Gasteiger partial charge in [-0.25, -0.2) is 9.55 Å². The molecule has 5 aromatic rings. The lowest BCUT2D eigenvalue weighted by Gasteiger charge is -2.41. The fourth-order valence-corrected chi connectivity index (χ4v) is 61.5. The van der Waals surface area contributed by atoms with Crippen LogP contribution in [-0.2, 0) is 81.5 Å². The standard InChI is InChI=1S/C23H43N2O3SSi4.C18H37ClO3Si4.C9H9Cl.C9H28O3Si4.C5H6N2S.HI/c1-25-18-11-17-24-23(25)29-20-22-14-12-21(13-15-22)16-19-33(10,27-31(5,6)7)28-32(8,9)26-30(2,3)4;1-23(2,3)20-25(7,8)22-26(9,21-24(4,5)6)15-14-17-10-12-18(16-19)13-11-17;1-2-8-3-5-9(7-10)6-4-8;1-13(10-14(2,3)4)11-16(8,9)12-15(5,6)7;1-7-4-2-3-6-5(7)8;/h11-15,17-18H,16,19-20H2,1-10H3;10-13H,14-16H2,1-9H3;2-6H,1,7H2;13H,1-9H3;2-4H,1H3;1H/q+1;;;;;/p-1. The van der Waals surface area contributed by atoms with Crippen molar-refractivity contribution in [2.45, 2.75) is 224 Å². The van der Waals surface area contributed by atoms with Crippen LogP contribution in [0, 0.1) is 4.77 Å². The maximum Gasteiger partial charge on any atom is 0.359 e. The molecule has 0 N–H and O–H groups in total. The summed E-state index contributed by atoms with van der Waals surface area (Å²) in [5.41, 5.74) is 7.38. The fraction of sp³-hybridized carbons (Fsp3) is 0.562. The zero-order chi connectivity index (χ0) is 71.7. The van der Waals surface area contributed by atoms with Gasteiger partial charge >= 0.3 is 48.0 Å². The van der Waals surface area contributed by atoms with Crippen molar-refractivity contribution in [1.29, 1.82) is 0 Å². The molecule has 2 aromatic heterocycles. The average molecular weight is 1690 g/mol. The van der Waals surface area contributed by atoms with Gasteiger partial charge in [-0.05, 0) is 270 Å². The monoisotopic (exact) mass is 1690 g/mol. The van der Waals surface area contributed by atoms with Crippen molar-refractivity contribution in [3.8, 4) is 0 Å². The lowest BCUT2D eigenvalue weighted by atomic mass is 10.1. The molecule has 0 fully saturated rings. The van der Waals surface area contributed by atoms with E-state index in [0.717, 1.165) is 52.5 Å². The Kier molecular flexibility index (Phi) is 41.6. The van der Waals surface area contributed by atoms with E-state index in [1.807, 2.05) is 75.2 Å². The highest BCUT2D eigenvalue weighted by atomic mass is 127. The van der Waals surface area contributed by atoms with Gasteiger partial charge in [0.25, 0.3) is 9.28 Å². The van der Waals surface area contributed by atoms with Gasteiger partial charge in [0, 0.05) is 43.0 Å². The first kappa shape index (κ1) is 93.7. The van der Waals surface area contributed by atoms with Crippen LogP contribution in [0.1, 0.15) is 33.4 Å². The Morgan fingerprint density at radius 1 is 0.500 bits per heavy atom. The van der Waals surface area contributed by atoms with Crippen LogP contribution in [0.4, 0.5) is 0 Å². The van der Waals surface area contributed by atoms with E-state index in [1.54, 1.807) is 22.5 Å². The van der Waals surface area contributed by atoms with Crippen LogP contribution in [0.2, 0.25) is 189 Å². The first-order chi connectivity index (χ1) is 42.2. The van der Waals surface area contributed by atoms with Crippen molar-refractivity contribution >= 4 is 155 Å². The van der Waals surface area contributed by atoms with Gasteiger partial charge in [-0.3, -0.25) is 0 Å². The maximum absolute atomic E-state index is 6.81. The molecule has 3 atom stereocenters. The van der Waals surface area contributed by atoms with Crippen LogP contribution in [0.25, 0.3) is 6.08 Å². The van der Waals surface area contributed by atoms with Gasteiger partial charge in [-0.1, -0.05) is 85.5 Å². The van der Waals surface area contributed by atoms with Gasteiger partial charge in [-0.15, -0.1) is 23.2 Å². The molecule has 0 amide bonds. The molecule has 30 heteroatoms. The van der Waals surface area contributed by atoms with Crippen LogP contribution in [0.3, 0.4) is 0 Å². The Balaban J connectivity index is 0.00000125. The minimum absolute atomic E-state index is 0. The van der Waals surface area contributed by atoms with E-state index in [2.05, 4.69) is 246 Å². The number of hydrogen-bond donors (Lipinski definition) is 0. The molecule has 534 valence electrons. The van der Waals surface area contributed by atoms with Crippen molar-refractivity contribution in [2.75, 3.05) is 0 Å². The Labute approximate surface area is 622 Å². The van der Waals surface area contributed by atoms with Gasteiger partial charge in [0.1, 0.15) is 6.20 Å². The van der Waals surface area contributed by atoms with E-state index in [1.165, 1.54) is 16.7 Å². The molecule has 0 spiro atoms. The van der Waals surface area contributed by atoms with Crippen LogP contribution >= 0.6 is 47.2 Å². The number of nitrogens with zero attached hydrogens (tertiary/aromatic N) is 4. The fourth-order valence-electron chi connectivity index (χ4n) is 10.0. The summed E-state index contributed by atoms with van der Waals surface area (Å²) in [6.07, 6.45) is 11.2. The quantitative estimate of drug-likeness (QED) is 0.00826. The molecule has 0 aliphatic carbocycles. The van der Waals surface area contributed by atoms with Crippen molar-refractivity contribution in [3.05, 3.63) is 154 Å². The summed E-state index contributed by atoms with van der Waals surface area (Å²) < 4.78 is 62.5. The number of thioether (sulfide) groups is 1. The van der Waals surface area contributed by atoms with Gasteiger partial charge in [-0.2, -0.15) is 0 Å². The number of aromatic nitrogens is 4. The number of benzene rings is 3. The van der Waals surface area contributed by atoms with E-state index in [9.17, 15) is 0 Å². The summed E-state index contributed by atoms with van der Waals surface area (Å²) in [5, 5.41) is 1.02. The van der Waals surface area contributed by atoms with Crippen LogP contribution in [0.5, 0.6) is 0 Å². The molecule has 0 bridgehead atoms. The molecule has 2 heterocycles. The molecule has 0 saturated heterocycles. The summed E-state index contributed by atoms with van der Waals surface area (Å²) in [7, 11) is -18.5. The number of alkyl halides is 2. The lowest BCUT2D eigenvalue weighted by molar-refractivity contribution is -0.713. The number of halogens is 3. The van der Waals surface area contributed by atoms with Crippen molar-refractivity contribution in [1.82, 2.24) is 14.5 Å². The maximum atomic E-state index is 6.81. The molecule has 0 radical (unpaired) electrons. The summed E-state index contributed by atoms with van der Waals surface area (Å²) in [6, 6.07) is 31.2. The van der Waals surface area contributed by atoms with Gasteiger partial charge in [0.15, 0.2) is 54.7 Å². The third-order valence-electron chi connectivity index (χ3n) is 12.0. The van der Waals surface area contributed by atoms with Gasteiger partial charge < -0.3 is 65.6 Å². The normalized spacial score (nSPS) is 14.1. The van der Waals surface area contributed by atoms with Crippen molar-refractivity contribution in [3.63, 3.8) is 0 Å². The predicted octanol–water partition coefficient (Wildman–Crippen LogP) is 17.2. The summed E-state index contributed by atoms with van der Waals surface area (Å²) in [4.78, 5) is 8.31. The SMILES string of the molecule is C=Cc1ccc(CCl)cc1.C[SiH](O[Si](C)(C)C)O[Si](C)(C)O[Si](C)(C)C.C[Si](C)(C)O[Si](C)(C)O[Si](C)(CCc1ccc(CCl)cc1)O[Si](C)(C)C.C[n+]1cccnc1SCc1ccc(CC[Si](C)(O[Si](C)(C)C)O[Si](C)(C)O[Si](C)(C)C)cc1.Cn1cccnc1=S.[I-]. The second-order valence-electron chi connectivity index (χ2n) is 30.8. The van der Waals surface area contributed by atoms with Gasteiger partial charge in [0.05, 0.1) is 13.2 Å². The smallest absolute Gasteiger partial charge is 0.359 e. The summed E-state index contributed by atoms with van der Waals surface area (Å²) in [6.45, 7) is 63.3. The molecule has 0 aliphatic rings. The zero-order valence-corrected chi connectivity index (χ0v) is 80.6. The minimum atomic E-state index is -2.38. The third kappa shape index (κ3) is 47.0. The number of aryl methyl sites for hydroxylation is 4. The molecule has 0 aliphatic heterocycles. The van der Waals surface area contributed by atoms with E-state index >= 15 is 0 Å². The predicted molar refractivity (Wildman–Crippen MR) is 433 cm³/mol. The van der Waals surface area contributed by atoms with E-state index in [4.69, 9.17) is 72.5 Å². The Morgan fingerprint density at radius 2 is 0.862 bits per heavy atom. The van der Waals surface area contributed by atoms with Crippen LogP contribution in [-0.4, -0.2) is 117 Å². The van der Waals surface area contributed by atoms with Crippen molar-refractivity contribution in [2.24, 2.45) is 14.1 Å². The molecule has 0 saturated carbocycles. The molecule has 3 unspecified atom stereocenters. The van der Waals surface area contributed by atoms with E-state index in [-0.39, 0.29) is 24.0 Å². The molecule has 13 nitrogen and oxygen atoms in total. The Hall–Kier alpha value is -0.317. The van der Waals surface area contributed by atoms with Crippen molar-refractivity contribution < 1.29 is 65.6 Å². The number of rotatable bonds is 30. The third-order valence-corrected chi connectivity index (χ3v) is 53.2. The highest BCUT2D eigenvalue weighted by Crippen LogP contribution is 2.31. The topological polar surface area (TPSA) is 118 Å². The Bertz CT molecular complexity index is 3030. The first-order valence-electron chi connectivity index (χ1n) is 32.3. The molecular weight excluding hydrogens is 1570 g/mol. The summed E-state index contributed by atoms with van der Waals surface area (Å²) >= 11 is 18.1. The lowest BCUT2D eigenvalue weighted by Crippen LogP contribution is -3.00. The minimum Gasteiger partial charge on any atom is -1.00 e. The largest absolute Gasteiger partial charge is 1.00 e. The van der Waals surface area contributed by atoms with Crippen LogP contribution < -0.4 is 28.5 Å². The second-order valence-corrected chi connectivity index (χ2v) is 80.7. The molecule has 3 aromatic carbocycles. The zero-order valence-electron chi connectivity index (χ0n) is 63.1. The van der Waals surface area contributed by atoms with Crippen LogP contribution in [0.15, 0.2) is 121 Å². The first-order valence-corrected chi connectivity index (χ1v) is 70.8. The molecular formula is C64H123Cl2IN4O9S2Si12. The highest BCUT2D eigenvalue weighted by molar-refractivity contribution is 7.98. The second kappa shape index (κ2) is 41.7. The molecule has 94 heavy (non-hydrogen) atoms. The summed E-state index contributed by atoms with van der Waals surface area (Å²) in [5.74, 6) is 2.05. The van der Waals surface area contributed by atoms with E-state index in [0.29, 0.717) is 16.5 Å².